The zero-order valence-electron chi connectivity index (χ0n) is 13.4. The average molecular weight is 346 g/mol. The third-order valence-electron chi connectivity index (χ3n) is 2.52. The van der Waals surface area contributed by atoms with Crippen molar-refractivity contribution in [2.75, 3.05) is 13.7 Å². The number of carbonyl (C=O) groups is 2. The van der Waals surface area contributed by atoms with Gasteiger partial charge in [0.15, 0.2) is 17.5 Å². The van der Waals surface area contributed by atoms with Crippen molar-refractivity contribution in [1.82, 2.24) is 5.32 Å². The minimum absolute atomic E-state index is 0.299. The lowest BCUT2D eigenvalue weighted by molar-refractivity contribution is -0.140. The number of benzene rings is 1. The third-order valence-corrected chi connectivity index (χ3v) is 2.76. The van der Waals surface area contributed by atoms with Gasteiger partial charge in [-0.05, 0) is 32.9 Å². The number of halogens is 1. The van der Waals surface area contributed by atoms with Gasteiger partial charge < -0.3 is 24.6 Å². The molecule has 0 saturated heterocycles. The van der Waals surface area contributed by atoms with Crippen molar-refractivity contribution in [3.05, 3.63) is 23.2 Å². The molecule has 0 aliphatic carbocycles. The number of aliphatic carboxylic acids is 1. The molecule has 0 unspecified atom stereocenters. The minimum Gasteiger partial charge on any atom is -0.493 e. The van der Waals surface area contributed by atoms with Gasteiger partial charge in [-0.2, -0.15) is 0 Å². The molecule has 7 nitrogen and oxygen atoms in total. The van der Waals surface area contributed by atoms with Crippen LogP contribution in [0.15, 0.2) is 18.2 Å². The maximum absolute atomic E-state index is 11.7. The fourth-order valence-electron chi connectivity index (χ4n) is 1.56. The summed E-state index contributed by atoms with van der Waals surface area (Å²) in [4.78, 5) is 22.9. The van der Waals surface area contributed by atoms with Crippen molar-refractivity contribution in [2.45, 2.75) is 32.4 Å². The second kappa shape index (κ2) is 7.92. The number of carboxylic acids is 1. The van der Waals surface area contributed by atoms with Gasteiger partial charge in [-0.15, -0.1) is 0 Å². The van der Waals surface area contributed by atoms with Crippen molar-refractivity contribution in [1.29, 1.82) is 0 Å². The molecule has 0 aromatic heterocycles. The minimum atomic E-state index is -1.27. The van der Waals surface area contributed by atoms with Crippen molar-refractivity contribution in [3.63, 3.8) is 0 Å². The monoisotopic (exact) mass is 345 g/mol. The number of hydrogen-bond donors (Lipinski definition) is 2. The Morgan fingerprint density at radius 1 is 1.30 bits per heavy atom. The number of carbonyl (C=O) groups excluding carboxylic acids is 1. The van der Waals surface area contributed by atoms with Gasteiger partial charge in [0.05, 0.1) is 7.11 Å². The summed E-state index contributed by atoms with van der Waals surface area (Å²) in [7, 11) is 1.44. The Labute approximate surface area is 139 Å². The summed E-state index contributed by atoms with van der Waals surface area (Å²) in [6, 6.07) is 3.39. The first-order valence-electron chi connectivity index (χ1n) is 6.81. The molecule has 0 aliphatic rings. The van der Waals surface area contributed by atoms with Crippen LogP contribution in [0, 0.1) is 0 Å². The molecule has 128 valence electrons. The average Bonchev–Trinajstić information content (AvgIpc) is 2.41. The van der Waals surface area contributed by atoms with Gasteiger partial charge in [-0.25, -0.2) is 9.59 Å². The molecule has 0 fully saturated rings. The van der Waals surface area contributed by atoms with E-state index in [4.69, 9.17) is 30.9 Å². The van der Waals surface area contributed by atoms with E-state index in [9.17, 15) is 9.59 Å². The molecular weight excluding hydrogens is 326 g/mol. The predicted octanol–water partition coefficient (Wildman–Crippen LogP) is 2.71. The second-order valence-electron chi connectivity index (χ2n) is 5.64. The first-order valence-corrected chi connectivity index (χ1v) is 7.19. The fourth-order valence-corrected chi connectivity index (χ4v) is 1.72. The van der Waals surface area contributed by atoms with Gasteiger partial charge in [0, 0.05) is 11.1 Å². The molecule has 0 saturated carbocycles. The van der Waals surface area contributed by atoms with Gasteiger partial charge in [0.25, 0.3) is 0 Å². The summed E-state index contributed by atoms with van der Waals surface area (Å²) >= 11 is 5.84. The number of methoxy groups -OCH3 is 1. The van der Waals surface area contributed by atoms with Crippen molar-refractivity contribution in [3.8, 4) is 11.5 Å². The number of hydrogen-bond acceptors (Lipinski definition) is 5. The van der Waals surface area contributed by atoms with Crippen molar-refractivity contribution < 1.29 is 28.9 Å². The quantitative estimate of drug-likeness (QED) is 0.823. The third kappa shape index (κ3) is 6.65. The first-order chi connectivity index (χ1) is 10.6. The lowest BCUT2D eigenvalue weighted by Crippen LogP contribution is -2.46. The molecule has 1 aromatic rings. The molecule has 1 aromatic carbocycles. The lowest BCUT2D eigenvalue weighted by Gasteiger charge is -2.22. The smallest absolute Gasteiger partial charge is 0.408 e. The van der Waals surface area contributed by atoms with E-state index < -0.39 is 23.7 Å². The zero-order chi connectivity index (χ0) is 17.6. The Morgan fingerprint density at radius 3 is 2.48 bits per heavy atom. The van der Waals surface area contributed by atoms with E-state index in [2.05, 4.69) is 5.32 Å². The molecule has 1 rings (SSSR count). The summed E-state index contributed by atoms with van der Waals surface area (Å²) in [5.74, 6) is -0.572. The molecule has 0 heterocycles. The van der Waals surface area contributed by atoms with E-state index in [1.807, 2.05) is 0 Å². The summed E-state index contributed by atoms with van der Waals surface area (Å²) in [6.07, 6.45) is -0.837. The molecule has 0 radical (unpaired) electrons. The van der Waals surface area contributed by atoms with Crippen molar-refractivity contribution in [2.24, 2.45) is 0 Å². The molecule has 0 spiro atoms. The molecule has 1 amide bonds. The van der Waals surface area contributed by atoms with Gasteiger partial charge in [0.1, 0.15) is 12.2 Å². The summed E-state index contributed by atoms with van der Waals surface area (Å²) in [5.41, 5.74) is -0.729. The topological polar surface area (TPSA) is 94.1 Å². The van der Waals surface area contributed by atoms with Gasteiger partial charge in [-0.1, -0.05) is 11.6 Å². The first kappa shape index (κ1) is 18.9. The fraction of sp³-hybridized carbons (Fsp3) is 0.467. The van der Waals surface area contributed by atoms with Gasteiger partial charge in [-0.3, -0.25) is 0 Å². The van der Waals surface area contributed by atoms with E-state index >= 15 is 0 Å². The molecule has 8 heteroatoms. The van der Waals surface area contributed by atoms with Crippen LogP contribution in [0.2, 0.25) is 5.02 Å². The highest BCUT2D eigenvalue weighted by molar-refractivity contribution is 6.30. The Morgan fingerprint density at radius 2 is 1.96 bits per heavy atom. The van der Waals surface area contributed by atoms with E-state index in [0.717, 1.165) is 0 Å². The van der Waals surface area contributed by atoms with Crippen molar-refractivity contribution >= 4 is 23.7 Å². The summed E-state index contributed by atoms with van der Waals surface area (Å²) in [6.45, 7) is 4.73. The number of nitrogens with one attached hydrogen (secondary N) is 1. The highest BCUT2D eigenvalue weighted by atomic mass is 35.5. The van der Waals surface area contributed by atoms with Gasteiger partial charge >= 0.3 is 12.1 Å². The van der Waals surface area contributed by atoms with Crippen LogP contribution in [0.4, 0.5) is 4.79 Å². The van der Waals surface area contributed by atoms with E-state index in [1.165, 1.54) is 13.2 Å². The maximum Gasteiger partial charge on any atom is 0.408 e. The highest BCUT2D eigenvalue weighted by Crippen LogP contribution is 2.30. The predicted molar refractivity (Wildman–Crippen MR) is 84.3 cm³/mol. The Hall–Kier alpha value is -2.15. The van der Waals surface area contributed by atoms with Crippen LogP contribution in [0.1, 0.15) is 20.8 Å². The second-order valence-corrected chi connectivity index (χ2v) is 6.08. The molecular formula is C15H20ClNO6. The Balaban J connectivity index is 2.71. The normalized spacial score (nSPS) is 12.2. The number of alkyl carbamates (subject to hydrolysis) is 1. The van der Waals surface area contributed by atoms with E-state index in [-0.39, 0.29) is 6.61 Å². The van der Waals surface area contributed by atoms with E-state index in [1.54, 1.807) is 32.9 Å². The van der Waals surface area contributed by atoms with Gasteiger partial charge in [0.2, 0.25) is 0 Å². The molecule has 23 heavy (non-hydrogen) atoms. The van der Waals surface area contributed by atoms with Crippen LogP contribution < -0.4 is 14.8 Å². The van der Waals surface area contributed by atoms with Crippen LogP contribution in [0.3, 0.4) is 0 Å². The van der Waals surface area contributed by atoms with Crippen LogP contribution in [0.25, 0.3) is 0 Å². The van der Waals surface area contributed by atoms with Crippen LogP contribution >= 0.6 is 11.6 Å². The highest BCUT2D eigenvalue weighted by Gasteiger charge is 2.25. The number of ether oxygens (including phenoxy) is 3. The maximum atomic E-state index is 11.7. The standard InChI is InChI=1S/C15H20ClNO6/c1-15(2,3)23-14(20)17-10(13(18)19)8-22-11-6-5-9(16)7-12(11)21-4/h5-7,10H,8H2,1-4H3,(H,17,20)(H,18,19)/t10-/m0/s1. The number of carboxylic acid groups (broad SMARTS) is 1. The Kier molecular flexibility index (Phi) is 6.50. The van der Waals surface area contributed by atoms with Crippen LogP contribution in [0.5, 0.6) is 11.5 Å². The molecule has 2 N–H and O–H groups in total. The molecule has 1 atom stereocenters. The largest absolute Gasteiger partial charge is 0.493 e. The number of rotatable bonds is 6. The van der Waals surface area contributed by atoms with Crippen LogP contribution in [-0.2, 0) is 9.53 Å². The summed E-state index contributed by atoms with van der Waals surface area (Å²) < 4.78 is 15.5. The van der Waals surface area contributed by atoms with Crippen LogP contribution in [-0.4, -0.2) is 42.5 Å². The summed E-state index contributed by atoms with van der Waals surface area (Å²) in [5, 5.41) is 11.9. The lowest BCUT2D eigenvalue weighted by atomic mass is 10.2. The SMILES string of the molecule is COc1cc(Cl)ccc1OC[C@H](NC(=O)OC(C)(C)C)C(=O)O. The van der Waals surface area contributed by atoms with E-state index in [0.29, 0.717) is 16.5 Å². The number of amides is 1. The Bertz CT molecular complexity index is 570. The molecule has 0 bridgehead atoms. The molecule has 0 aliphatic heterocycles. The zero-order valence-corrected chi connectivity index (χ0v) is 14.1.